The SMILES string of the molecule is Cc1ccc(C2CC(=O)c3cc(Cl)cc(N)c3O2)cc1. The number of fused-ring (bicyclic) bond motifs is 1. The monoisotopic (exact) mass is 287 g/mol. The molecule has 1 aliphatic rings. The standard InChI is InChI=1S/C16H14ClNO2/c1-9-2-4-10(5-3-9)15-8-14(19)12-6-11(17)7-13(18)16(12)20-15/h2-7,15H,8,18H2,1H3. The van der Waals surface area contributed by atoms with Gasteiger partial charge in [0, 0.05) is 5.02 Å². The number of nitrogens with two attached hydrogens (primary N) is 1. The number of ether oxygens (including phenoxy) is 1. The van der Waals surface area contributed by atoms with E-state index in [1.807, 2.05) is 31.2 Å². The first-order chi connectivity index (χ1) is 9.54. The Morgan fingerprint density at radius 2 is 1.95 bits per heavy atom. The highest BCUT2D eigenvalue weighted by Gasteiger charge is 2.29. The summed E-state index contributed by atoms with van der Waals surface area (Å²) in [6.07, 6.45) is 0.00891. The topological polar surface area (TPSA) is 52.3 Å². The number of carbonyl (C=O) groups is 1. The maximum atomic E-state index is 12.2. The molecular formula is C16H14ClNO2. The molecule has 4 heteroatoms. The Labute approximate surface area is 122 Å². The number of rotatable bonds is 1. The molecule has 0 fully saturated rings. The van der Waals surface area contributed by atoms with Gasteiger partial charge in [-0.05, 0) is 24.6 Å². The van der Waals surface area contributed by atoms with Crippen LogP contribution in [0.1, 0.15) is 34.0 Å². The average Bonchev–Trinajstić information content (AvgIpc) is 2.40. The third kappa shape index (κ3) is 2.25. The minimum atomic E-state index is -0.293. The molecule has 2 aromatic carbocycles. The molecule has 1 atom stereocenters. The Kier molecular flexibility index (Phi) is 3.14. The molecule has 3 nitrogen and oxygen atoms in total. The number of hydrogen-bond acceptors (Lipinski definition) is 3. The number of halogens is 1. The summed E-state index contributed by atoms with van der Waals surface area (Å²) in [7, 11) is 0. The van der Waals surface area contributed by atoms with Crippen LogP contribution in [0, 0.1) is 6.92 Å². The Bertz CT molecular complexity index is 680. The number of aryl methyl sites for hydroxylation is 1. The summed E-state index contributed by atoms with van der Waals surface area (Å²) >= 11 is 5.93. The van der Waals surface area contributed by atoms with Crippen molar-refractivity contribution < 1.29 is 9.53 Å². The summed E-state index contributed by atoms with van der Waals surface area (Å²) in [4.78, 5) is 12.2. The molecular weight excluding hydrogens is 274 g/mol. The van der Waals surface area contributed by atoms with E-state index in [4.69, 9.17) is 22.1 Å². The minimum Gasteiger partial charge on any atom is -0.482 e. The molecule has 1 heterocycles. The molecule has 102 valence electrons. The highest BCUT2D eigenvalue weighted by atomic mass is 35.5. The average molecular weight is 288 g/mol. The van der Waals surface area contributed by atoms with Gasteiger partial charge in [-0.2, -0.15) is 0 Å². The van der Waals surface area contributed by atoms with E-state index in [2.05, 4.69) is 0 Å². The molecule has 0 amide bonds. The number of Topliss-reactive ketones (excluding diaryl/α,β-unsaturated/α-hetero) is 1. The molecule has 1 unspecified atom stereocenters. The quantitative estimate of drug-likeness (QED) is 0.808. The van der Waals surface area contributed by atoms with Gasteiger partial charge in [-0.1, -0.05) is 41.4 Å². The molecule has 0 bridgehead atoms. The fraction of sp³-hybridized carbons (Fsp3) is 0.188. The molecule has 0 radical (unpaired) electrons. The van der Waals surface area contributed by atoms with Gasteiger partial charge in [0.15, 0.2) is 11.5 Å². The molecule has 0 aromatic heterocycles. The van der Waals surface area contributed by atoms with Gasteiger partial charge in [0.05, 0.1) is 17.7 Å². The normalized spacial score (nSPS) is 17.5. The summed E-state index contributed by atoms with van der Waals surface area (Å²) in [5, 5.41) is 0.451. The van der Waals surface area contributed by atoms with Gasteiger partial charge in [-0.3, -0.25) is 4.79 Å². The molecule has 0 saturated heterocycles. The number of benzene rings is 2. The second kappa shape index (κ2) is 4.84. The maximum absolute atomic E-state index is 12.2. The second-order valence-electron chi connectivity index (χ2n) is 5.02. The minimum absolute atomic E-state index is 0.00558. The highest BCUT2D eigenvalue weighted by Crippen LogP contribution is 2.40. The Morgan fingerprint density at radius 1 is 1.25 bits per heavy atom. The number of hydrogen-bond donors (Lipinski definition) is 1. The van der Waals surface area contributed by atoms with Crippen LogP contribution >= 0.6 is 11.6 Å². The molecule has 2 aromatic rings. The van der Waals surface area contributed by atoms with Crippen molar-refractivity contribution in [3.05, 3.63) is 58.1 Å². The molecule has 0 saturated carbocycles. The zero-order valence-electron chi connectivity index (χ0n) is 11.0. The zero-order chi connectivity index (χ0) is 14.3. The summed E-state index contributed by atoms with van der Waals surface area (Å²) in [6, 6.07) is 11.2. The van der Waals surface area contributed by atoms with Crippen molar-refractivity contribution in [3.8, 4) is 5.75 Å². The third-order valence-electron chi connectivity index (χ3n) is 3.46. The lowest BCUT2D eigenvalue weighted by molar-refractivity contribution is 0.0851. The van der Waals surface area contributed by atoms with Crippen LogP contribution in [0.15, 0.2) is 36.4 Å². The van der Waals surface area contributed by atoms with E-state index in [0.29, 0.717) is 28.4 Å². The zero-order valence-corrected chi connectivity index (χ0v) is 11.8. The molecule has 0 aliphatic carbocycles. The Morgan fingerprint density at radius 3 is 2.65 bits per heavy atom. The summed E-state index contributed by atoms with van der Waals surface area (Å²) in [5.41, 5.74) is 8.92. The largest absolute Gasteiger partial charge is 0.482 e. The van der Waals surface area contributed by atoms with Gasteiger partial charge < -0.3 is 10.5 Å². The fourth-order valence-electron chi connectivity index (χ4n) is 2.38. The van der Waals surface area contributed by atoms with Crippen LogP contribution in [-0.4, -0.2) is 5.78 Å². The predicted octanol–water partition coefficient (Wildman–Crippen LogP) is 3.94. The van der Waals surface area contributed by atoms with Crippen LogP contribution < -0.4 is 10.5 Å². The lowest BCUT2D eigenvalue weighted by Crippen LogP contribution is -2.21. The van der Waals surface area contributed by atoms with Gasteiger partial charge in [-0.25, -0.2) is 0 Å². The molecule has 3 rings (SSSR count). The number of ketones is 1. The molecule has 1 aliphatic heterocycles. The highest BCUT2D eigenvalue weighted by molar-refractivity contribution is 6.31. The van der Waals surface area contributed by atoms with Crippen molar-refractivity contribution in [1.29, 1.82) is 0 Å². The lowest BCUT2D eigenvalue weighted by Gasteiger charge is -2.26. The molecule has 0 spiro atoms. The number of anilines is 1. The first-order valence-corrected chi connectivity index (χ1v) is 6.78. The van der Waals surface area contributed by atoms with E-state index >= 15 is 0 Å². The van der Waals surface area contributed by atoms with Crippen LogP contribution in [0.25, 0.3) is 0 Å². The van der Waals surface area contributed by atoms with Crippen molar-refractivity contribution >= 4 is 23.1 Å². The van der Waals surface area contributed by atoms with Gasteiger partial charge >= 0.3 is 0 Å². The third-order valence-corrected chi connectivity index (χ3v) is 3.68. The van der Waals surface area contributed by atoms with Crippen molar-refractivity contribution in [2.45, 2.75) is 19.4 Å². The van der Waals surface area contributed by atoms with Crippen molar-refractivity contribution in [2.24, 2.45) is 0 Å². The predicted molar refractivity (Wildman–Crippen MR) is 79.4 cm³/mol. The van der Waals surface area contributed by atoms with E-state index in [1.165, 1.54) is 5.56 Å². The summed E-state index contributed by atoms with van der Waals surface area (Å²) in [5.74, 6) is 0.447. The van der Waals surface area contributed by atoms with E-state index < -0.39 is 0 Å². The van der Waals surface area contributed by atoms with Crippen molar-refractivity contribution in [1.82, 2.24) is 0 Å². The van der Waals surface area contributed by atoms with E-state index in [0.717, 1.165) is 5.56 Å². The van der Waals surface area contributed by atoms with E-state index in [9.17, 15) is 4.79 Å². The summed E-state index contributed by atoms with van der Waals surface area (Å²) in [6.45, 7) is 2.02. The van der Waals surface area contributed by atoms with Crippen LogP contribution in [0.2, 0.25) is 5.02 Å². The van der Waals surface area contributed by atoms with Crippen LogP contribution in [0.4, 0.5) is 5.69 Å². The van der Waals surface area contributed by atoms with Gasteiger partial charge in [-0.15, -0.1) is 0 Å². The summed E-state index contributed by atoms with van der Waals surface area (Å²) < 4.78 is 5.91. The maximum Gasteiger partial charge on any atom is 0.170 e. The van der Waals surface area contributed by atoms with Crippen molar-refractivity contribution in [2.75, 3.05) is 5.73 Å². The smallest absolute Gasteiger partial charge is 0.170 e. The van der Waals surface area contributed by atoms with Gasteiger partial charge in [0.25, 0.3) is 0 Å². The number of carbonyl (C=O) groups excluding carboxylic acids is 1. The van der Waals surface area contributed by atoms with Gasteiger partial charge in [0.1, 0.15) is 6.10 Å². The van der Waals surface area contributed by atoms with Crippen LogP contribution in [0.5, 0.6) is 5.75 Å². The second-order valence-corrected chi connectivity index (χ2v) is 5.45. The van der Waals surface area contributed by atoms with E-state index in [1.54, 1.807) is 12.1 Å². The first kappa shape index (κ1) is 13.0. The fourth-order valence-corrected chi connectivity index (χ4v) is 2.61. The Balaban J connectivity index is 2.00. The first-order valence-electron chi connectivity index (χ1n) is 6.40. The van der Waals surface area contributed by atoms with Gasteiger partial charge in [0.2, 0.25) is 0 Å². The number of nitrogen functional groups attached to an aromatic ring is 1. The van der Waals surface area contributed by atoms with Crippen molar-refractivity contribution in [3.63, 3.8) is 0 Å². The van der Waals surface area contributed by atoms with E-state index in [-0.39, 0.29) is 11.9 Å². The molecule has 20 heavy (non-hydrogen) atoms. The van der Waals surface area contributed by atoms with Crippen LogP contribution in [-0.2, 0) is 0 Å². The Hall–Kier alpha value is -2.00. The van der Waals surface area contributed by atoms with Crippen LogP contribution in [0.3, 0.4) is 0 Å². The lowest BCUT2D eigenvalue weighted by atomic mass is 9.95. The molecule has 2 N–H and O–H groups in total.